The van der Waals surface area contributed by atoms with E-state index in [0.717, 1.165) is 16.3 Å². The van der Waals surface area contributed by atoms with Gasteiger partial charge in [-0.05, 0) is 26.0 Å². The third kappa shape index (κ3) is 3.43. The monoisotopic (exact) mass is 343 g/mol. The van der Waals surface area contributed by atoms with Gasteiger partial charge in [0.1, 0.15) is 0 Å². The van der Waals surface area contributed by atoms with Crippen LogP contribution in [0.15, 0.2) is 29.6 Å². The molecule has 1 unspecified atom stereocenters. The molecule has 0 bridgehead atoms. The van der Waals surface area contributed by atoms with Gasteiger partial charge in [-0.1, -0.05) is 12.1 Å². The molecule has 1 aromatic carbocycles. The number of rotatable bonds is 5. The Kier molecular flexibility index (Phi) is 4.57. The summed E-state index contributed by atoms with van der Waals surface area (Å²) in [5.74, 6) is 0.444. The quantitative estimate of drug-likeness (QED) is 0.743. The number of ether oxygens (including phenoxy) is 1. The fraction of sp³-hybridized carbons (Fsp3) is 0.250. The first-order chi connectivity index (χ1) is 11.6. The molecule has 0 radical (unpaired) electrons. The van der Waals surface area contributed by atoms with Gasteiger partial charge in [0.15, 0.2) is 5.82 Å². The van der Waals surface area contributed by atoms with Gasteiger partial charge in [0.2, 0.25) is 0 Å². The number of carbonyl (C=O) groups is 1. The highest BCUT2D eigenvalue weighted by molar-refractivity contribution is 7.09. The fourth-order valence-corrected chi connectivity index (χ4v) is 2.89. The number of carbonyl (C=O) groups excluding carboxylic acids is 1. The number of amides is 1. The number of benzene rings is 1. The number of aryl methyl sites for hydroxylation is 1. The van der Waals surface area contributed by atoms with Crippen molar-refractivity contribution in [2.75, 3.05) is 7.11 Å². The Morgan fingerprint density at radius 2 is 2.04 bits per heavy atom. The largest absolute Gasteiger partial charge is 0.466 e. The van der Waals surface area contributed by atoms with E-state index < -0.39 is 0 Å². The van der Waals surface area contributed by atoms with Crippen LogP contribution in [-0.4, -0.2) is 33.2 Å². The van der Waals surface area contributed by atoms with Crippen molar-refractivity contribution in [2.45, 2.75) is 19.9 Å². The number of nitrogens with zero attached hydrogens (tertiary/aromatic N) is 3. The van der Waals surface area contributed by atoms with E-state index in [-0.39, 0.29) is 18.0 Å². The predicted molar refractivity (Wildman–Crippen MR) is 91.1 cm³/mol. The van der Waals surface area contributed by atoms with Gasteiger partial charge >= 0.3 is 6.01 Å². The van der Waals surface area contributed by atoms with Crippen molar-refractivity contribution in [3.8, 4) is 17.4 Å². The molecule has 0 spiro atoms. The minimum Gasteiger partial charge on any atom is -0.466 e. The minimum atomic E-state index is -0.144. The summed E-state index contributed by atoms with van der Waals surface area (Å²) in [5.41, 5.74) is 2.27. The Bertz CT molecular complexity index is 840. The summed E-state index contributed by atoms with van der Waals surface area (Å²) in [6.07, 6.45) is 0. The van der Waals surface area contributed by atoms with E-state index in [9.17, 15) is 4.79 Å². The van der Waals surface area contributed by atoms with Crippen molar-refractivity contribution in [3.63, 3.8) is 0 Å². The van der Waals surface area contributed by atoms with Gasteiger partial charge in [0.25, 0.3) is 5.91 Å². The highest BCUT2D eigenvalue weighted by Gasteiger charge is 2.14. The number of hydrogen-bond donors (Lipinski definition) is 2. The number of thiazole rings is 1. The van der Waals surface area contributed by atoms with Crippen LogP contribution in [0.4, 0.5) is 0 Å². The van der Waals surface area contributed by atoms with Gasteiger partial charge < -0.3 is 10.1 Å². The van der Waals surface area contributed by atoms with E-state index in [1.807, 2.05) is 31.4 Å². The molecule has 0 aliphatic rings. The van der Waals surface area contributed by atoms with Crippen LogP contribution in [0.2, 0.25) is 0 Å². The molecule has 2 aromatic heterocycles. The minimum absolute atomic E-state index is 0.138. The molecule has 0 aliphatic carbocycles. The molecular weight excluding hydrogens is 326 g/mol. The van der Waals surface area contributed by atoms with Crippen LogP contribution in [0.25, 0.3) is 11.4 Å². The molecule has 1 amide bonds. The van der Waals surface area contributed by atoms with E-state index >= 15 is 0 Å². The maximum atomic E-state index is 12.3. The van der Waals surface area contributed by atoms with Crippen molar-refractivity contribution in [1.82, 2.24) is 25.5 Å². The number of aromatic nitrogens is 4. The molecule has 7 nitrogen and oxygen atoms in total. The molecule has 1 atom stereocenters. The number of hydrogen-bond acceptors (Lipinski definition) is 6. The molecule has 0 fully saturated rings. The van der Waals surface area contributed by atoms with Gasteiger partial charge in [-0.3, -0.25) is 9.89 Å². The molecule has 8 heteroatoms. The molecule has 3 aromatic rings. The second-order valence-corrected chi connectivity index (χ2v) is 6.30. The van der Waals surface area contributed by atoms with Crippen LogP contribution in [0, 0.1) is 6.92 Å². The SMILES string of the molecule is COc1n[nH]c(-c2ccc(C(=O)NC(C)c3csc(C)n3)cc2)n1. The standard InChI is InChI=1S/C16H17N5O2S/c1-9(13-8-24-10(2)18-13)17-15(22)12-6-4-11(5-7-12)14-19-16(23-3)21-20-14/h4-9H,1-3H3,(H,17,22)(H,19,20,21). The molecule has 3 rings (SSSR count). The van der Waals surface area contributed by atoms with Crippen LogP contribution in [0.1, 0.15) is 34.0 Å². The summed E-state index contributed by atoms with van der Waals surface area (Å²) in [7, 11) is 1.51. The van der Waals surface area contributed by atoms with Gasteiger partial charge in [0.05, 0.1) is 23.9 Å². The Hall–Kier alpha value is -2.74. The van der Waals surface area contributed by atoms with Crippen LogP contribution in [-0.2, 0) is 0 Å². The lowest BCUT2D eigenvalue weighted by molar-refractivity contribution is 0.0939. The van der Waals surface area contributed by atoms with Crippen LogP contribution >= 0.6 is 11.3 Å². The number of H-pyrrole nitrogens is 1. The average molecular weight is 343 g/mol. The second kappa shape index (κ2) is 6.79. The average Bonchev–Trinajstić information content (AvgIpc) is 3.23. The highest BCUT2D eigenvalue weighted by Crippen LogP contribution is 2.19. The fourth-order valence-electron chi connectivity index (χ4n) is 2.18. The lowest BCUT2D eigenvalue weighted by Gasteiger charge is -2.11. The van der Waals surface area contributed by atoms with E-state index in [0.29, 0.717) is 11.4 Å². The summed E-state index contributed by atoms with van der Waals surface area (Å²) in [4.78, 5) is 20.9. The van der Waals surface area contributed by atoms with E-state index in [1.54, 1.807) is 23.5 Å². The van der Waals surface area contributed by atoms with Gasteiger partial charge in [0, 0.05) is 16.5 Å². The van der Waals surface area contributed by atoms with E-state index in [4.69, 9.17) is 4.74 Å². The summed E-state index contributed by atoms with van der Waals surface area (Å²) in [6, 6.07) is 7.26. The molecule has 24 heavy (non-hydrogen) atoms. The first kappa shape index (κ1) is 16.1. The zero-order valence-electron chi connectivity index (χ0n) is 13.5. The predicted octanol–water partition coefficient (Wildman–Crippen LogP) is 2.74. The molecule has 2 N–H and O–H groups in total. The molecule has 0 saturated carbocycles. The lowest BCUT2D eigenvalue weighted by atomic mass is 10.1. The van der Waals surface area contributed by atoms with Crippen molar-refractivity contribution in [3.05, 3.63) is 45.9 Å². The molecular formula is C16H17N5O2S. The summed E-state index contributed by atoms with van der Waals surface area (Å²) in [5, 5.41) is 12.6. The number of methoxy groups -OCH3 is 1. The lowest BCUT2D eigenvalue weighted by Crippen LogP contribution is -2.26. The maximum Gasteiger partial charge on any atom is 0.335 e. The van der Waals surface area contributed by atoms with E-state index in [2.05, 4.69) is 25.5 Å². The van der Waals surface area contributed by atoms with Crippen molar-refractivity contribution in [1.29, 1.82) is 0 Å². The number of nitrogens with one attached hydrogen (secondary N) is 2. The zero-order chi connectivity index (χ0) is 17.1. The van der Waals surface area contributed by atoms with Crippen molar-refractivity contribution >= 4 is 17.2 Å². The summed E-state index contributed by atoms with van der Waals surface area (Å²) in [6.45, 7) is 3.86. The van der Waals surface area contributed by atoms with E-state index in [1.165, 1.54) is 7.11 Å². The summed E-state index contributed by atoms with van der Waals surface area (Å²) >= 11 is 1.57. The highest BCUT2D eigenvalue weighted by atomic mass is 32.1. The Morgan fingerprint density at radius 1 is 1.29 bits per heavy atom. The van der Waals surface area contributed by atoms with Crippen LogP contribution < -0.4 is 10.1 Å². The van der Waals surface area contributed by atoms with Gasteiger partial charge in [-0.15, -0.1) is 16.4 Å². The van der Waals surface area contributed by atoms with Crippen LogP contribution in [0.5, 0.6) is 6.01 Å². The molecule has 124 valence electrons. The third-order valence-electron chi connectivity index (χ3n) is 3.50. The second-order valence-electron chi connectivity index (χ2n) is 5.23. The number of aromatic amines is 1. The Labute approximate surface area is 143 Å². The van der Waals surface area contributed by atoms with Gasteiger partial charge in [-0.2, -0.15) is 4.98 Å². The zero-order valence-corrected chi connectivity index (χ0v) is 14.3. The Morgan fingerprint density at radius 3 is 2.62 bits per heavy atom. The smallest absolute Gasteiger partial charge is 0.335 e. The first-order valence-electron chi connectivity index (χ1n) is 7.36. The van der Waals surface area contributed by atoms with Gasteiger partial charge in [-0.25, -0.2) is 4.98 Å². The molecule has 2 heterocycles. The topological polar surface area (TPSA) is 92.8 Å². The van der Waals surface area contributed by atoms with Crippen molar-refractivity contribution in [2.24, 2.45) is 0 Å². The molecule has 0 aliphatic heterocycles. The first-order valence-corrected chi connectivity index (χ1v) is 8.24. The van der Waals surface area contributed by atoms with Crippen LogP contribution in [0.3, 0.4) is 0 Å². The normalized spacial score (nSPS) is 12.0. The van der Waals surface area contributed by atoms with Crippen molar-refractivity contribution < 1.29 is 9.53 Å². The molecule has 0 saturated heterocycles. The third-order valence-corrected chi connectivity index (χ3v) is 4.29. The Balaban J connectivity index is 1.69. The summed E-state index contributed by atoms with van der Waals surface area (Å²) < 4.78 is 4.94. The maximum absolute atomic E-state index is 12.3.